The van der Waals surface area contributed by atoms with Gasteiger partial charge in [0, 0.05) is 46.9 Å². The Balaban J connectivity index is 0.00000117. The van der Waals surface area contributed by atoms with Crippen LogP contribution in [0.5, 0.6) is 0 Å². The van der Waals surface area contributed by atoms with Crippen molar-refractivity contribution < 1.29 is 14.1 Å². The quantitative estimate of drug-likeness (QED) is 0.689. The van der Waals surface area contributed by atoms with Crippen molar-refractivity contribution in [3.8, 4) is 0 Å². The summed E-state index contributed by atoms with van der Waals surface area (Å²) in [5, 5.41) is 9.67. The second-order valence-electron chi connectivity index (χ2n) is 8.61. The van der Waals surface area contributed by atoms with Gasteiger partial charge in [-0.15, -0.1) is 0 Å². The first-order valence-corrected chi connectivity index (χ1v) is 12.0. The average molecular weight is 389 g/mol. The molecule has 2 saturated heterocycles. The molecule has 3 fully saturated rings. The number of likely N-dealkylation sites (tertiary alicyclic amines) is 1. The molecule has 1 aliphatic carbocycles. The summed E-state index contributed by atoms with van der Waals surface area (Å²) < 4.78 is 17.7. The molecular weight excluding hydrogens is 348 g/mol. The van der Waals surface area contributed by atoms with Crippen LogP contribution in [0.25, 0.3) is 0 Å². The smallest absolute Gasteiger partial charge is 0.0570 e. The van der Waals surface area contributed by atoms with Gasteiger partial charge in [-0.05, 0) is 51.7 Å². The third kappa shape index (κ3) is 6.55. The Morgan fingerprint density at radius 3 is 2.35 bits per heavy atom. The Morgan fingerprint density at radius 1 is 1.23 bits per heavy atom. The van der Waals surface area contributed by atoms with Crippen molar-refractivity contribution in [2.45, 2.75) is 58.6 Å². The molecule has 154 valence electrons. The molecule has 1 unspecified atom stereocenters. The maximum Gasteiger partial charge on any atom is 0.0570 e. The maximum atomic E-state index is 12.5. The van der Waals surface area contributed by atoms with Crippen LogP contribution in [0.15, 0.2) is 0 Å². The van der Waals surface area contributed by atoms with Gasteiger partial charge in [0.05, 0.1) is 19.3 Å². The van der Waals surface area contributed by atoms with Crippen LogP contribution in [-0.4, -0.2) is 89.2 Å². The van der Waals surface area contributed by atoms with E-state index in [2.05, 4.69) is 23.8 Å². The third-order valence-corrected chi connectivity index (χ3v) is 7.61. The Hall–Kier alpha value is -0.0100. The lowest BCUT2D eigenvalue weighted by atomic mass is 9.86. The molecule has 0 radical (unpaired) electrons. The minimum Gasteiger partial charge on any atom is -0.393 e. The number of hydrogen-bond donors (Lipinski definition) is 1. The van der Waals surface area contributed by atoms with Crippen LogP contribution in [0.3, 0.4) is 0 Å². The van der Waals surface area contributed by atoms with Crippen LogP contribution in [0.2, 0.25) is 0 Å². The van der Waals surface area contributed by atoms with Crippen LogP contribution < -0.4 is 0 Å². The summed E-state index contributed by atoms with van der Waals surface area (Å²) in [6, 6.07) is 0.499. The summed E-state index contributed by atoms with van der Waals surface area (Å²) >= 11 is 0. The minimum atomic E-state index is -0.767. The topological polar surface area (TPSA) is 53.0 Å². The van der Waals surface area contributed by atoms with E-state index in [4.69, 9.17) is 4.74 Å². The molecular formula is C20H40N2O3S. The zero-order valence-electron chi connectivity index (χ0n) is 17.3. The van der Waals surface area contributed by atoms with Crippen LogP contribution in [-0.2, 0) is 15.5 Å². The van der Waals surface area contributed by atoms with Crippen molar-refractivity contribution in [2.24, 2.45) is 11.3 Å². The molecule has 0 amide bonds. The molecule has 0 aromatic rings. The Bertz CT molecular complexity index is 431. The van der Waals surface area contributed by atoms with Crippen molar-refractivity contribution >= 4 is 10.8 Å². The van der Waals surface area contributed by atoms with Gasteiger partial charge < -0.3 is 14.7 Å². The molecule has 1 saturated carbocycles. The summed E-state index contributed by atoms with van der Waals surface area (Å²) in [6.07, 6.45) is 4.20. The predicted molar refractivity (Wildman–Crippen MR) is 109 cm³/mol. The molecule has 3 aliphatic rings. The van der Waals surface area contributed by atoms with Gasteiger partial charge in [-0.2, -0.15) is 0 Å². The first-order valence-electron chi connectivity index (χ1n) is 10.5. The molecule has 6 heteroatoms. The number of piperidine rings is 1. The van der Waals surface area contributed by atoms with Crippen LogP contribution in [0, 0.1) is 11.3 Å². The highest BCUT2D eigenvalue weighted by atomic mass is 32.2. The van der Waals surface area contributed by atoms with E-state index in [1.54, 1.807) is 0 Å². The minimum absolute atomic E-state index is 0.119. The highest BCUT2D eigenvalue weighted by molar-refractivity contribution is 7.85. The van der Waals surface area contributed by atoms with Gasteiger partial charge in [0.25, 0.3) is 0 Å². The molecule has 0 aromatic heterocycles. The molecule has 0 bridgehead atoms. The number of ether oxygens (including phenoxy) is 1. The van der Waals surface area contributed by atoms with Crippen LogP contribution in [0.4, 0.5) is 0 Å². The van der Waals surface area contributed by atoms with E-state index in [-0.39, 0.29) is 11.5 Å². The van der Waals surface area contributed by atoms with E-state index >= 15 is 0 Å². The van der Waals surface area contributed by atoms with Gasteiger partial charge in [-0.1, -0.05) is 20.8 Å². The number of hydrogen-bond acceptors (Lipinski definition) is 5. The van der Waals surface area contributed by atoms with E-state index < -0.39 is 10.8 Å². The van der Waals surface area contributed by atoms with Gasteiger partial charge >= 0.3 is 0 Å². The predicted octanol–water partition coefficient (Wildman–Crippen LogP) is 1.96. The van der Waals surface area contributed by atoms with Crippen molar-refractivity contribution in [1.29, 1.82) is 0 Å². The zero-order valence-corrected chi connectivity index (χ0v) is 18.1. The Labute approximate surface area is 162 Å². The molecule has 5 nitrogen and oxygen atoms in total. The number of aliphatic hydroxyl groups excluding tert-OH is 1. The second kappa shape index (κ2) is 10.5. The van der Waals surface area contributed by atoms with Crippen molar-refractivity contribution in [3.63, 3.8) is 0 Å². The van der Waals surface area contributed by atoms with E-state index in [1.807, 2.05) is 13.8 Å². The molecule has 0 aromatic carbocycles. The summed E-state index contributed by atoms with van der Waals surface area (Å²) in [6.45, 7) is 12.1. The van der Waals surface area contributed by atoms with Crippen molar-refractivity contribution in [2.75, 3.05) is 57.9 Å². The molecule has 1 atom stereocenters. The SMILES string of the molecule is CC.CN1CCC(CN(CCS(=O)CC2(C)COC2)C2CC(O)C2)CC1. The summed E-state index contributed by atoms with van der Waals surface area (Å²) in [7, 11) is 1.43. The number of rotatable bonds is 8. The zero-order chi connectivity index (χ0) is 19.2. The van der Waals surface area contributed by atoms with E-state index in [0.29, 0.717) is 6.04 Å². The number of aliphatic hydroxyl groups is 1. The first-order chi connectivity index (χ1) is 12.4. The van der Waals surface area contributed by atoms with Crippen LogP contribution >= 0.6 is 0 Å². The normalized spacial score (nSPS) is 30.1. The average Bonchev–Trinajstić information content (AvgIpc) is 2.58. The van der Waals surface area contributed by atoms with Crippen molar-refractivity contribution in [3.05, 3.63) is 0 Å². The highest BCUT2D eigenvalue weighted by Gasteiger charge is 2.36. The van der Waals surface area contributed by atoms with E-state index in [1.165, 1.54) is 25.9 Å². The molecule has 3 rings (SSSR count). The first kappa shape index (κ1) is 22.3. The highest BCUT2D eigenvalue weighted by Crippen LogP contribution is 2.29. The molecule has 2 heterocycles. The maximum absolute atomic E-state index is 12.5. The lowest BCUT2D eigenvalue weighted by Gasteiger charge is -2.43. The second-order valence-corrected chi connectivity index (χ2v) is 10.2. The van der Waals surface area contributed by atoms with E-state index in [0.717, 1.165) is 56.6 Å². The van der Waals surface area contributed by atoms with Gasteiger partial charge in [0.2, 0.25) is 0 Å². The third-order valence-electron chi connectivity index (χ3n) is 5.95. The molecule has 26 heavy (non-hydrogen) atoms. The molecule has 1 N–H and O–H groups in total. The summed E-state index contributed by atoms with van der Waals surface area (Å²) in [5.74, 6) is 2.28. The number of nitrogens with zero attached hydrogens (tertiary/aromatic N) is 2. The summed E-state index contributed by atoms with van der Waals surface area (Å²) in [5.41, 5.74) is 0.135. The fraction of sp³-hybridized carbons (Fsp3) is 1.00. The van der Waals surface area contributed by atoms with Gasteiger partial charge in [0.1, 0.15) is 0 Å². The van der Waals surface area contributed by atoms with Gasteiger partial charge in [0.15, 0.2) is 0 Å². The van der Waals surface area contributed by atoms with Crippen LogP contribution in [0.1, 0.15) is 46.5 Å². The fourth-order valence-electron chi connectivity index (χ4n) is 4.07. The Kier molecular flexibility index (Phi) is 9.01. The van der Waals surface area contributed by atoms with Gasteiger partial charge in [-0.25, -0.2) is 0 Å². The monoisotopic (exact) mass is 388 g/mol. The van der Waals surface area contributed by atoms with Crippen molar-refractivity contribution in [1.82, 2.24) is 9.80 Å². The lowest BCUT2D eigenvalue weighted by molar-refractivity contribution is -0.0866. The Morgan fingerprint density at radius 2 is 1.85 bits per heavy atom. The largest absolute Gasteiger partial charge is 0.393 e. The van der Waals surface area contributed by atoms with Gasteiger partial charge in [-0.3, -0.25) is 9.11 Å². The standard InChI is InChI=1S/C18H34N2O3S.C2H6/c1-18(12-23-13-18)14-24(22)8-7-20(16-9-17(21)10-16)11-15-3-5-19(2)6-4-15;1-2/h15-17,21H,3-14H2,1-2H3;1-2H3. The molecule has 0 spiro atoms. The summed E-state index contributed by atoms with van der Waals surface area (Å²) in [4.78, 5) is 4.94. The molecule has 2 aliphatic heterocycles. The fourth-order valence-corrected chi connectivity index (χ4v) is 5.60. The lowest BCUT2D eigenvalue weighted by Crippen LogP contribution is -2.51. The van der Waals surface area contributed by atoms with E-state index in [9.17, 15) is 9.32 Å².